The van der Waals surface area contributed by atoms with E-state index in [1.807, 2.05) is 18.2 Å². The molecule has 1 aliphatic rings. The Bertz CT molecular complexity index is 958. The number of allylic oxidation sites excluding steroid dienone is 1. The molecule has 5 nitrogen and oxygen atoms in total. The highest BCUT2D eigenvalue weighted by molar-refractivity contribution is 7.25. The maximum absolute atomic E-state index is 12.3. The highest BCUT2D eigenvalue weighted by Gasteiger charge is 2.14. The maximum atomic E-state index is 12.3. The summed E-state index contributed by atoms with van der Waals surface area (Å²) in [6.45, 7) is 6.90. The van der Waals surface area contributed by atoms with Gasteiger partial charge in [0.05, 0.1) is 5.52 Å². The van der Waals surface area contributed by atoms with Gasteiger partial charge in [-0.2, -0.15) is 0 Å². The first-order chi connectivity index (χ1) is 11.7. The van der Waals surface area contributed by atoms with Crippen molar-refractivity contribution in [3.63, 3.8) is 0 Å². The van der Waals surface area contributed by atoms with E-state index in [1.165, 1.54) is 12.1 Å². The summed E-state index contributed by atoms with van der Waals surface area (Å²) in [6.07, 6.45) is 3.28. The summed E-state index contributed by atoms with van der Waals surface area (Å²) in [5.41, 5.74) is 1.91. The number of anilines is 1. The fourth-order valence-electron chi connectivity index (χ4n) is 3.21. The second kappa shape index (κ2) is 6.28. The molecule has 0 saturated carbocycles. The van der Waals surface area contributed by atoms with E-state index in [4.69, 9.17) is 0 Å². The molecule has 0 unspecified atom stereocenters. The molecule has 0 aliphatic carbocycles. The lowest BCUT2D eigenvalue weighted by Gasteiger charge is -2.18. The molecule has 0 atom stereocenters. The van der Waals surface area contributed by atoms with Crippen molar-refractivity contribution in [2.45, 2.75) is 19.3 Å². The quantitative estimate of drug-likeness (QED) is 0.697. The van der Waals surface area contributed by atoms with Crippen LogP contribution in [-0.4, -0.2) is 34.5 Å². The van der Waals surface area contributed by atoms with Crippen LogP contribution in [0.3, 0.4) is 0 Å². The second-order valence-corrected chi connectivity index (χ2v) is 7.16. The van der Waals surface area contributed by atoms with Crippen LogP contribution in [0.15, 0.2) is 41.3 Å². The first kappa shape index (κ1) is 15.2. The summed E-state index contributed by atoms with van der Waals surface area (Å²) in [4.78, 5) is 23.0. The molecule has 0 bridgehead atoms. The van der Waals surface area contributed by atoms with Gasteiger partial charge in [-0.25, -0.2) is 4.98 Å². The van der Waals surface area contributed by atoms with Crippen LogP contribution in [0.1, 0.15) is 19.3 Å². The highest BCUT2D eigenvalue weighted by atomic mass is 32.1. The van der Waals surface area contributed by atoms with Gasteiger partial charge in [-0.05, 0) is 25.3 Å². The van der Waals surface area contributed by atoms with Crippen molar-refractivity contribution in [1.29, 1.82) is 0 Å². The van der Waals surface area contributed by atoms with Crippen molar-refractivity contribution >= 4 is 37.6 Å². The summed E-state index contributed by atoms with van der Waals surface area (Å²) >= 11 is 1.60. The fraction of sp³-hybridized carbons (Fsp3) is 0.333. The fourth-order valence-corrected chi connectivity index (χ4v) is 4.25. The molecule has 1 aromatic carbocycles. The average Bonchev–Trinajstić information content (AvgIpc) is 3.15. The van der Waals surface area contributed by atoms with Crippen molar-refractivity contribution in [3.05, 3.63) is 46.9 Å². The minimum Gasteiger partial charge on any atom is -0.375 e. The van der Waals surface area contributed by atoms with Crippen LogP contribution >= 0.6 is 11.3 Å². The summed E-state index contributed by atoms with van der Waals surface area (Å²) in [5.74, 6) is 0.411. The molecule has 24 heavy (non-hydrogen) atoms. The number of hydrogen-bond acceptors (Lipinski definition) is 5. The smallest absolute Gasteiger partial charge is 0.291 e. The van der Waals surface area contributed by atoms with Gasteiger partial charge in [0.25, 0.3) is 5.56 Å². The number of rotatable bonds is 5. The van der Waals surface area contributed by atoms with Crippen LogP contribution in [0.25, 0.3) is 20.4 Å². The van der Waals surface area contributed by atoms with E-state index in [-0.39, 0.29) is 5.56 Å². The van der Waals surface area contributed by atoms with Gasteiger partial charge >= 0.3 is 0 Å². The first-order valence-corrected chi connectivity index (χ1v) is 9.12. The molecule has 0 spiro atoms. The van der Waals surface area contributed by atoms with E-state index >= 15 is 0 Å². The van der Waals surface area contributed by atoms with Crippen molar-refractivity contribution < 1.29 is 0 Å². The Morgan fingerprint density at radius 3 is 3.08 bits per heavy atom. The Balaban J connectivity index is 1.48. The molecule has 0 amide bonds. The van der Waals surface area contributed by atoms with Gasteiger partial charge in [0.1, 0.15) is 4.83 Å². The van der Waals surface area contributed by atoms with Gasteiger partial charge in [0, 0.05) is 35.4 Å². The van der Waals surface area contributed by atoms with Crippen LogP contribution < -0.4 is 10.9 Å². The molecule has 124 valence electrons. The number of fused-ring (bicyclic) bond motifs is 3. The van der Waals surface area contributed by atoms with Gasteiger partial charge in [0.15, 0.2) is 5.82 Å². The molecule has 4 rings (SSSR count). The molecule has 2 N–H and O–H groups in total. The minimum absolute atomic E-state index is 0.156. The van der Waals surface area contributed by atoms with Crippen LogP contribution in [0.5, 0.6) is 0 Å². The van der Waals surface area contributed by atoms with Gasteiger partial charge in [-0.1, -0.05) is 24.8 Å². The topological polar surface area (TPSA) is 61.0 Å². The zero-order valence-electron chi connectivity index (χ0n) is 13.5. The van der Waals surface area contributed by atoms with Crippen molar-refractivity contribution in [2.24, 2.45) is 0 Å². The van der Waals surface area contributed by atoms with Crippen LogP contribution in [-0.2, 0) is 0 Å². The summed E-state index contributed by atoms with van der Waals surface area (Å²) in [6, 6.07) is 8.05. The molecule has 6 heteroatoms. The molecule has 3 aromatic rings. The van der Waals surface area contributed by atoms with Crippen molar-refractivity contribution in [1.82, 2.24) is 14.9 Å². The van der Waals surface area contributed by atoms with E-state index in [2.05, 4.69) is 32.8 Å². The Hall–Kier alpha value is -2.34. The summed E-state index contributed by atoms with van der Waals surface area (Å²) < 4.78 is 1.14. The third kappa shape index (κ3) is 2.78. The zero-order chi connectivity index (χ0) is 16.5. The maximum Gasteiger partial charge on any atom is 0.291 e. The number of nitrogens with zero attached hydrogens (tertiary/aromatic N) is 2. The minimum atomic E-state index is -0.156. The van der Waals surface area contributed by atoms with Crippen LogP contribution in [0.2, 0.25) is 0 Å². The molecular formula is C18H20N4OS. The molecule has 2 aromatic heterocycles. The normalized spacial score (nSPS) is 14.8. The lowest BCUT2D eigenvalue weighted by Crippen LogP contribution is -2.22. The molecule has 1 aliphatic heterocycles. The molecule has 0 radical (unpaired) electrons. The number of H-pyrrole nitrogens is 1. The number of likely N-dealkylation sites (tertiary alicyclic amines) is 1. The largest absolute Gasteiger partial charge is 0.375 e. The van der Waals surface area contributed by atoms with Crippen molar-refractivity contribution in [3.8, 4) is 0 Å². The number of nitrogens with one attached hydrogen (secondary N) is 2. The van der Waals surface area contributed by atoms with E-state index in [9.17, 15) is 4.79 Å². The van der Waals surface area contributed by atoms with E-state index < -0.39 is 0 Å². The number of thiophene rings is 1. The predicted octanol–water partition coefficient (Wildman–Crippen LogP) is 3.55. The predicted molar refractivity (Wildman–Crippen MR) is 101 cm³/mol. The first-order valence-electron chi connectivity index (χ1n) is 8.30. The molecule has 1 fully saturated rings. The van der Waals surface area contributed by atoms with Gasteiger partial charge < -0.3 is 15.2 Å². The Morgan fingerprint density at radius 2 is 2.25 bits per heavy atom. The Labute approximate surface area is 144 Å². The summed E-state index contributed by atoms with van der Waals surface area (Å²) in [7, 11) is 0. The highest BCUT2D eigenvalue weighted by Crippen LogP contribution is 2.30. The second-order valence-electron chi connectivity index (χ2n) is 6.13. The Kier molecular flexibility index (Phi) is 3.98. The van der Waals surface area contributed by atoms with Gasteiger partial charge in [-0.3, -0.25) is 4.79 Å². The Morgan fingerprint density at radius 1 is 1.38 bits per heavy atom. The van der Waals surface area contributed by atoms with Gasteiger partial charge in [0.2, 0.25) is 0 Å². The zero-order valence-corrected chi connectivity index (χ0v) is 14.3. The molecule has 1 saturated heterocycles. The number of aromatic amines is 1. The van der Waals surface area contributed by atoms with E-state index in [0.717, 1.165) is 52.9 Å². The van der Waals surface area contributed by atoms with Crippen molar-refractivity contribution in [2.75, 3.05) is 25.0 Å². The van der Waals surface area contributed by atoms with Gasteiger partial charge in [-0.15, -0.1) is 11.3 Å². The molecular weight excluding hydrogens is 320 g/mol. The lowest BCUT2D eigenvalue weighted by molar-refractivity contribution is 0.391. The number of aromatic nitrogens is 2. The third-order valence-corrected chi connectivity index (χ3v) is 5.55. The standard InChI is InChI=1S/C18H20N4OS/c1-12-6-4-10-22(12)11-5-9-19-16-17(23)20-15-13-7-2-3-8-14(13)24-18(15)21-16/h2-3,7-8H,1,4-6,9-11H2,(H,19,21)(H,20,23). The number of hydrogen-bond donors (Lipinski definition) is 2. The molecule has 3 heterocycles. The third-order valence-electron chi connectivity index (χ3n) is 4.48. The lowest BCUT2D eigenvalue weighted by atomic mass is 10.2. The van der Waals surface area contributed by atoms with E-state index in [1.54, 1.807) is 11.3 Å². The van der Waals surface area contributed by atoms with Crippen LogP contribution in [0, 0.1) is 0 Å². The van der Waals surface area contributed by atoms with Crippen LogP contribution in [0.4, 0.5) is 5.82 Å². The average molecular weight is 340 g/mol. The SMILES string of the molecule is C=C1CCCN1CCCNc1nc2sc3ccccc3c2[nH]c1=O. The monoisotopic (exact) mass is 340 g/mol. The number of benzene rings is 1. The summed E-state index contributed by atoms with van der Waals surface area (Å²) in [5, 5.41) is 4.24. The van der Waals surface area contributed by atoms with E-state index in [0.29, 0.717) is 5.82 Å².